The van der Waals surface area contributed by atoms with Crippen molar-refractivity contribution in [3.05, 3.63) is 23.0 Å². The van der Waals surface area contributed by atoms with Gasteiger partial charge in [0.05, 0.1) is 5.97 Å². The molecule has 0 radical (unpaired) electrons. The molecule has 0 aromatic carbocycles. The maximum absolute atomic E-state index is 11.6. The lowest BCUT2D eigenvalue weighted by Gasteiger charge is -2.23. The summed E-state index contributed by atoms with van der Waals surface area (Å²) in [6.45, 7) is 14.4. The molecule has 1 aromatic rings. The predicted octanol–water partition coefficient (Wildman–Crippen LogP) is 2.37. The molecule has 0 spiro atoms. The fourth-order valence-corrected chi connectivity index (χ4v) is 2.50. The second-order valence-electron chi connectivity index (χ2n) is 8.00. The van der Waals surface area contributed by atoms with Crippen LogP contribution in [0.25, 0.3) is 0 Å². The zero-order valence-corrected chi connectivity index (χ0v) is 15.8. The van der Waals surface area contributed by atoms with Gasteiger partial charge in [0, 0.05) is 35.5 Å². The maximum Gasteiger partial charge on any atom is 0.407 e. The third-order valence-electron chi connectivity index (χ3n) is 3.58. The molecule has 24 heavy (non-hydrogen) atoms. The highest BCUT2D eigenvalue weighted by atomic mass is 16.6. The zero-order chi connectivity index (χ0) is 18.7. The Morgan fingerprint density at radius 2 is 1.79 bits per heavy atom. The van der Waals surface area contributed by atoms with Crippen LogP contribution in [-0.4, -0.2) is 28.8 Å². The van der Waals surface area contributed by atoms with E-state index in [2.05, 4.69) is 5.32 Å². The van der Waals surface area contributed by atoms with Gasteiger partial charge in [0.2, 0.25) is 0 Å². The van der Waals surface area contributed by atoms with Gasteiger partial charge in [0.25, 0.3) is 0 Å². The highest BCUT2D eigenvalue weighted by Gasteiger charge is 2.22. The molecule has 0 atom stereocenters. The van der Waals surface area contributed by atoms with E-state index in [-0.39, 0.29) is 11.0 Å². The van der Waals surface area contributed by atoms with Gasteiger partial charge in [0.15, 0.2) is 0 Å². The first-order valence-electron chi connectivity index (χ1n) is 8.21. The fraction of sp³-hybridized carbons (Fsp3) is 0.667. The van der Waals surface area contributed by atoms with Crippen LogP contribution in [-0.2, 0) is 16.7 Å². The number of aromatic carboxylic acids is 1. The van der Waals surface area contributed by atoms with Gasteiger partial charge in [-0.2, -0.15) is 0 Å². The Labute approximate surface area is 144 Å². The molecule has 0 aliphatic heterocycles. The molecule has 1 heterocycles. The van der Waals surface area contributed by atoms with Crippen molar-refractivity contribution in [3.63, 3.8) is 0 Å². The lowest BCUT2D eigenvalue weighted by molar-refractivity contribution is -0.255. The van der Waals surface area contributed by atoms with Crippen LogP contribution in [0, 0.1) is 6.92 Å². The number of nitrogens with zero attached hydrogens (tertiary/aromatic N) is 1. The van der Waals surface area contributed by atoms with E-state index in [9.17, 15) is 14.7 Å². The molecule has 1 rings (SSSR count). The molecule has 0 unspecified atom stereocenters. The van der Waals surface area contributed by atoms with E-state index >= 15 is 0 Å². The predicted molar refractivity (Wildman–Crippen MR) is 91.1 cm³/mol. The molecule has 0 aliphatic rings. The smallest absolute Gasteiger partial charge is 0.407 e. The number of nitrogens with one attached hydrogen (secondary N) is 1. The van der Waals surface area contributed by atoms with Crippen molar-refractivity contribution in [2.75, 3.05) is 6.54 Å². The molecule has 1 N–H and O–H groups in total. The van der Waals surface area contributed by atoms with E-state index in [1.165, 1.54) is 0 Å². The van der Waals surface area contributed by atoms with Gasteiger partial charge in [-0.1, -0.05) is 20.8 Å². The topological polar surface area (TPSA) is 83.4 Å². The number of hydrogen-bond acceptors (Lipinski definition) is 4. The van der Waals surface area contributed by atoms with Crippen molar-refractivity contribution in [3.8, 4) is 0 Å². The van der Waals surface area contributed by atoms with E-state index in [0.29, 0.717) is 25.2 Å². The Kier molecular flexibility index (Phi) is 6.09. The molecule has 136 valence electrons. The Hall–Kier alpha value is -1.98. The van der Waals surface area contributed by atoms with Gasteiger partial charge in [-0.05, 0) is 40.2 Å². The van der Waals surface area contributed by atoms with Gasteiger partial charge in [-0.3, -0.25) is 0 Å². The Morgan fingerprint density at radius 1 is 1.21 bits per heavy atom. The van der Waals surface area contributed by atoms with Crippen LogP contribution in [0.3, 0.4) is 0 Å². The highest BCUT2D eigenvalue weighted by Crippen LogP contribution is 2.27. The summed E-state index contributed by atoms with van der Waals surface area (Å²) in [5, 5.41) is 14.0. The number of hydrogen-bond donors (Lipinski definition) is 1. The third kappa shape index (κ3) is 5.58. The summed E-state index contributed by atoms with van der Waals surface area (Å²) < 4.78 is 7.17. The molecule has 1 aromatic heterocycles. The molecule has 6 nitrogen and oxygen atoms in total. The standard InChI is InChI=1S/C18H30N2O4/c1-12-13(15(21)22)11-14(17(2,3)4)20(12)10-8-9-19-16(23)24-18(5,6)7/h11H,8-10H2,1-7H3,(H,19,23)(H,21,22)/p-1. The van der Waals surface area contributed by atoms with Gasteiger partial charge in [-0.25, -0.2) is 4.79 Å². The first kappa shape index (κ1) is 20.1. The number of alkyl carbamates (subject to hydrolysis) is 1. The minimum absolute atomic E-state index is 0.183. The molecule has 0 bridgehead atoms. The van der Waals surface area contributed by atoms with Crippen LogP contribution in [0.4, 0.5) is 4.79 Å². The molecule has 0 saturated heterocycles. The number of carboxylic acid groups (broad SMARTS) is 1. The van der Waals surface area contributed by atoms with E-state index in [0.717, 1.165) is 5.69 Å². The number of carbonyl (C=O) groups is 2. The van der Waals surface area contributed by atoms with E-state index in [4.69, 9.17) is 4.74 Å². The van der Waals surface area contributed by atoms with Crippen LogP contribution in [0.1, 0.15) is 69.7 Å². The largest absolute Gasteiger partial charge is 0.545 e. The highest BCUT2D eigenvalue weighted by molar-refractivity contribution is 5.87. The summed E-state index contributed by atoms with van der Waals surface area (Å²) in [6, 6.07) is 1.69. The Balaban J connectivity index is 2.74. The van der Waals surface area contributed by atoms with Crippen molar-refractivity contribution in [1.82, 2.24) is 9.88 Å². The zero-order valence-electron chi connectivity index (χ0n) is 15.8. The van der Waals surface area contributed by atoms with Crippen molar-refractivity contribution in [1.29, 1.82) is 0 Å². The van der Waals surface area contributed by atoms with Crippen LogP contribution >= 0.6 is 0 Å². The van der Waals surface area contributed by atoms with Crippen molar-refractivity contribution in [2.45, 2.75) is 72.4 Å². The number of carbonyl (C=O) groups excluding carboxylic acids is 2. The number of amides is 1. The van der Waals surface area contributed by atoms with Gasteiger partial charge < -0.3 is 24.5 Å². The van der Waals surface area contributed by atoms with Crippen LogP contribution in [0.5, 0.6) is 0 Å². The summed E-state index contributed by atoms with van der Waals surface area (Å²) >= 11 is 0. The minimum Gasteiger partial charge on any atom is -0.545 e. The summed E-state index contributed by atoms with van der Waals surface area (Å²) in [6.07, 6.45) is 0.225. The average molecular weight is 337 g/mol. The summed E-state index contributed by atoms with van der Waals surface area (Å²) in [5.41, 5.74) is 1.13. The monoisotopic (exact) mass is 337 g/mol. The average Bonchev–Trinajstić information content (AvgIpc) is 2.70. The second-order valence-corrected chi connectivity index (χ2v) is 8.00. The molecule has 0 aliphatic carbocycles. The second kappa shape index (κ2) is 7.28. The number of ether oxygens (including phenoxy) is 1. The maximum atomic E-state index is 11.6. The molecule has 6 heteroatoms. The molecular weight excluding hydrogens is 308 g/mol. The number of carboxylic acids is 1. The molecule has 0 fully saturated rings. The van der Waals surface area contributed by atoms with Gasteiger partial charge in [-0.15, -0.1) is 0 Å². The van der Waals surface area contributed by atoms with E-state index < -0.39 is 17.7 Å². The van der Waals surface area contributed by atoms with Crippen molar-refractivity contribution >= 4 is 12.1 Å². The Morgan fingerprint density at radius 3 is 2.25 bits per heavy atom. The summed E-state index contributed by atoms with van der Waals surface area (Å²) in [7, 11) is 0. The Bertz CT molecular complexity index is 604. The van der Waals surface area contributed by atoms with Crippen LogP contribution in [0.15, 0.2) is 6.07 Å². The normalized spacial score (nSPS) is 12.1. The summed E-state index contributed by atoms with van der Waals surface area (Å²) in [4.78, 5) is 22.9. The molecule has 1 amide bonds. The molecular formula is C18H29N2O4-. The fourth-order valence-electron chi connectivity index (χ4n) is 2.50. The number of rotatable bonds is 5. The van der Waals surface area contributed by atoms with Crippen molar-refractivity contribution in [2.24, 2.45) is 0 Å². The quantitative estimate of drug-likeness (QED) is 0.836. The van der Waals surface area contributed by atoms with Crippen LogP contribution in [0.2, 0.25) is 0 Å². The van der Waals surface area contributed by atoms with E-state index in [1.807, 2.05) is 46.1 Å². The van der Waals surface area contributed by atoms with Crippen molar-refractivity contribution < 1.29 is 19.4 Å². The molecule has 0 saturated carbocycles. The third-order valence-corrected chi connectivity index (χ3v) is 3.58. The summed E-state index contributed by atoms with van der Waals surface area (Å²) in [5.74, 6) is -1.16. The van der Waals surface area contributed by atoms with Crippen LogP contribution < -0.4 is 10.4 Å². The SMILES string of the molecule is Cc1c(C(=O)[O-])cc(C(C)(C)C)n1CCCNC(=O)OC(C)(C)C. The van der Waals surface area contributed by atoms with Gasteiger partial charge in [0.1, 0.15) is 5.60 Å². The van der Waals surface area contributed by atoms with E-state index in [1.54, 1.807) is 13.0 Å². The first-order chi connectivity index (χ1) is 10.8. The lowest BCUT2D eigenvalue weighted by Crippen LogP contribution is -2.33. The van der Waals surface area contributed by atoms with Gasteiger partial charge >= 0.3 is 6.09 Å². The number of aromatic nitrogens is 1. The first-order valence-corrected chi connectivity index (χ1v) is 8.21. The minimum atomic E-state index is -1.16. The lowest BCUT2D eigenvalue weighted by atomic mass is 9.92.